The van der Waals surface area contributed by atoms with Gasteiger partial charge in [0.15, 0.2) is 5.78 Å². The number of fused-ring (bicyclic) bond motifs is 1. The molecule has 3 aromatic rings. The molecule has 1 fully saturated rings. The van der Waals surface area contributed by atoms with Crippen molar-refractivity contribution in [2.75, 3.05) is 6.54 Å². The van der Waals surface area contributed by atoms with Crippen molar-refractivity contribution < 1.29 is 9.59 Å². The highest BCUT2D eigenvalue weighted by molar-refractivity contribution is 5.89. The number of rotatable bonds is 6. The van der Waals surface area contributed by atoms with Gasteiger partial charge in [-0.05, 0) is 31.0 Å². The second-order valence-corrected chi connectivity index (χ2v) is 7.01. The Morgan fingerprint density at radius 3 is 2.85 bits per heavy atom. The van der Waals surface area contributed by atoms with Gasteiger partial charge in [-0.2, -0.15) is 0 Å². The summed E-state index contributed by atoms with van der Waals surface area (Å²) < 4.78 is 0. The molecule has 2 N–H and O–H groups in total. The summed E-state index contributed by atoms with van der Waals surface area (Å²) in [6.45, 7) is 2.08. The Balaban J connectivity index is 1.30. The van der Waals surface area contributed by atoms with Crippen molar-refractivity contribution >= 4 is 22.7 Å². The highest BCUT2D eigenvalue weighted by atomic mass is 16.2. The number of amides is 1. The van der Waals surface area contributed by atoms with E-state index in [0.29, 0.717) is 6.42 Å². The third-order valence-corrected chi connectivity index (χ3v) is 4.83. The Labute approximate surface area is 151 Å². The SMILES string of the molecule is Cc1cccc(CC(=O)CNC(=O)[C@H]2C[C@@H]2c2nc3ccccc3[nH]2)c1. The van der Waals surface area contributed by atoms with Crippen molar-refractivity contribution in [3.8, 4) is 0 Å². The van der Waals surface area contributed by atoms with Gasteiger partial charge in [-0.25, -0.2) is 4.98 Å². The molecule has 0 saturated heterocycles. The topological polar surface area (TPSA) is 74.8 Å². The van der Waals surface area contributed by atoms with E-state index < -0.39 is 0 Å². The smallest absolute Gasteiger partial charge is 0.224 e. The van der Waals surface area contributed by atoms with Crippen LogP contribution in [0.1, 0.15) is 29.3 Å². The van der Waals surface area contributed by atoms with Crippen molar-refractivity contribution in [3.63, 3.8) is 0 Å². The molecule has 1 amide bonds. The summed E-state index contributed by atoms with van der Waals surface area (Å²) in [6.07, 6.45) is 1.12. The van der Waals surface area contributed by atoms with Gasteiger partial charge in [0.05, 0.1) is 17.6 Å². The van der Waals surface area contributed by atoms with E-state index in [1.165, 1.54) is 0 Å². The molecule has 0 aliphatic heterocycles. The minimum atomic E-state index is -0.0951. The van der Waals surface area contributed by atoms with Crippen molar-refractivity contribution in [1.82, 2.24) is 15.3 Å². The molecule has 1 aromatic heterocycles. The summed E-state index contributed by atoms with van der Waals surface area (Å²) in [5.74, 6) is 0.840. The fraction of sp³-hybridized carbons (Fsp3) is 0.286. The normalized spacial score (nSPS) is 18.7. The van der Waals surface area contributed by atoms with Gasteiger partial charge in [-0.15, -0.1) is 0 Å². The van der Waals surface area contributed by atoms with Crippen molar-refractivity contribution in [3.05, 3.63) is 65.5 Å². The highest BCUT2D eigenvalue weighted by Gasteiger charge is 2.45. The van der Waals surface area contributed by atoms with E-state index in [9.17, 15) is 9.59 Å². The largest absolute Gasteiger partial charge is 0.349 e. The number of aryl methyl sites for hydroxylation is 1. The lowest BCUT2D eigenvalue weighted by Gasteiger charge is -2.05. The fourth-order valence-electron chi connectivity index (χ4n) is 3.36. The molecule has 0 spiro atoms. The van der Waals surface area contributed by atoms with Crippen LogP contribution >= 0.6 is 0 Å². The molecule has 0 bridgehead atoms. The molecule has 26 heavy (non-hydrogen) atoms. The molecule has 4 rings (SSSR count). The standard InChI is InChI=1S/C21H21N3O2/c1-13-5-4-6-14(9-13)10-15(25)12-22-21(26)17-11-16(17)20-23-18-7-2-3-8-19(18)24-20/h2-9,16-17H,10-12H2,1H3,(H,22,26)(H,23,24)/t16-,17-/m0/s1. The average molecular weight is 347 g/mol. The van der Waals surface area contributed by atoms with Gasteiger partial charge in [0.1, 0.15) is 5.82 Å². The van der Waals surface area contributed by atoms with Gasteiger partial charge in [-0.1, -0.05) is 42.0 Å². The molecular formula is C21H21N3O2. The van der Waals surface area contributed by atoms with Gasteiger partial charge in [0.25, 0.3) is 0 Å². The predicted octanol–water partition coefficient (Wildman–Crippen LogP) is 2.90. The molecular weight excluding hydrogens is 326 g/mol. The first-order valence-electron chi connectivity index (χ1n) is 8.90. The van der Waals surface area contributed by atoms with E-state index in [0.717, 1.165) is 34.4 Å². The quantitative estimate of drug-likeness (QED) is 0.720. The van der Waals surface area contributed by atoms with Crippen molar-refractivity contribution in [2.24, 2.45) is 5.92 Å². The Morgan fingerprint density at radius 2 is 2.04 bits per heavy atom. The number of nitrogens with one attached hydrogen (secondary N) is 2. The van der Waals surface area contributed by atoms with Crippen LogP contribution in [-0.2, 0) is 16.0 Å². The number of aromatic nitrogens is 2. The van der Waals surface area contributed by atoms with E-state index in [4.69, 9.17) is 0 Å². The number of imidazole rings is 1. The summed E-state index contributed by atoms with van der Waals surface area (Å²) in [5, 5.41) is 2.78. The Morgan fingerprint density at radius 1 is 1.19 bits per heavy atom. The molecule has 5 nitrogen and oxygen atoms in total. The van der Waals surface area contributed by atoms with E-state index >= 15 is 0 Å². The second kappa shape index (κ2) is 6.75. The Hall–Kier alpha value is -2.95. The number of nitrogens with zero attached hydrogens (tertiary/aromatic N) is 1. The van der Waals surface area contributed by atoms with Gasteiger partial charge in [-0.3, -0.25) is 9.59 Å². The molecule has 1 aliphatic carbocycles. The lowest BCUT2D eigenvalue weighted by Crippen LogP contribution is -2.31. The zero-order valence-corrected chi connectivity index (χ0v) is 14.7. The number of hydrogen-bond acceptors (Lipinski definition) is 3. The summed E-state index contributed by atoms with van der Waals surface area (Å²) in [4.78, 5) is 32.3. The van der Waals surface area contributed by atoms with Crippen LogP contribution in [0, 0.1) is 12.8 Å². The fourth-order valence-corrected chi connectivity index (χ4v) is 3.36. The number of para-hydroxylation sites is 2. The van der Waals surface area contributed by atoms with E-state index in [-0.39, 0.29) is 30.1 Å². The van der Waals surface area contributed by atoms with E-state index in [1.54, 1.807) is 0 Å². The maximum atomic E-state index is 12.3. The molecule has 1 saturated carbocycles. The third-order valence-electron chi connectivity index (χ3n) is 4.83. The molecule has 0 radical (unpaired) electrons. The zero-order chi connectivity index (χ0) is 18.1. The van der Waals surface area contributed by atoms with Crippen LogP contribution in [0.15, 0.2) is 48.5 Å². The summed E-state index contributed by atoms with van der Waals surface area (Å²) >= 11 is 0. The molecule has 2 atom stereocenters. The first-order valence-corrected chi connectivity index (χ1v) is 8.90. The van der Waals surface area contributed by atoms with Gasteiger partial charge >= 0.3 is 0 Å². The maximum absolute atomic E-state index is 12.3. The molecule has 0 unspecified atom stereocenters. The van der Waals surface area contributed by atoms with Crippen molar-refractivity contribution in [2.45, 2.75) is 25.7 Å². The van der Waals surface area contributed by atoms with Gasteiger partial charge in [0.2, 0.25) is 5.91 Å². The van der Waals surface area contributed by atoms with E-state index in [1.807, 2.05) is 55.5 Å². The molecule has 132 valence electrons. The summed E-state index contributed by atoms with van der Waals surface area (Å²) in [6, 6.07) is 15.7. The molecule has 2 aromatic carbocycles. The number of H-pyrrole nitrogens is 1. The average Bonchev–Trinajstić information content (AvgIpc) is 3.31. The zero-order valence-electron chi connectivity index (χ0n) is 14.7. The minimum absolute atomic E-state index is 0.0184. The van der Waals surface area contributed by atoms with Crippen LogP contribution < -0.4 is 5.32 Å². The van der Waals surface area contributed by atoms with Crippen LogP contribution in [0.4, 0.5) is 0 Å². The van der Waals surface area contributed by atoms with Crippen molar-refractivity contribution in [1.29, 1.82) is 0 Å². The molecule has 1 heterocycles. The highest BCUT2D eigenvalue weighted by Crippen LogP contribution is 2.46. The number of aromatic amines is 1. The maximum Gasteiger partial charge on any atom is 0.224 e. The Bertz CT molecular complexity index is 943. The van der Waals surface area contributed by atoms with Gasteiger partial charge in [0, 0.05) is 18.3 Å². The lowest BCUT2D eigenvalue weighted by atomic mass is 10.1. The van der Waals surface area contributed by atoms with Crippen LogP contribution in [0.5, 0.6) is 0 Å². The number of hydrogen-bond donors (Lipinski definition) is 2. The first kappa shape index (κ1) is 16.5. The number of benzene rings is 2. The number of Topliss-reactive ketones (excluding diaryl/α,β-unsaturated/α-hetero) is 1. The van der Waals surface area contributed by atoms with Crippen LogP contribution in [0.2, 0.25) is 0 Å². The number of carbonyl (C=O) groups is 2. The number of carbonyl (C=O) groups excluding carboxylic acids is 2. The first-order chi connectivity index (χ1) is 12.6. The van der Waals surface area contributed by atoms with Crippen LogP contribution in [-0.4, -0.2) is 28.2 Å². The minimum Gasteiger partial charge on any atom is -0.349 e. The van der Waals surface area contributed by atoms with Crippen LogP contribution in [0.25, 0.3) is 11.0 Å². The summed E-state index contributed by atoms with van der Waals surface area (Å²) in [5.41, 5.74) is 4.02. The predicted molar refractivity (Wildman–Crippen MR) is 99.8 cm³/mol. The Kier molecular flexibility index (Phi) is 4.29. The van der Waals surface area contributed by atoms with Gasteiger partial charge < -0.3 is 10.3 Å². The monoisotopic (exact) mass is 347 g/mol. The third kappa shape index (κ3) is 3.52. The second-order valence-electron chi connectivity index (χ2n) is 7.01. The lowest BCUT2D eigenvalue weighted by molar-refractivity contribution is -0.125. The number of ketones is 1. The van der Waals surface area contributed by atoms with Crippen LogP contribution in [0.3, 0.4) is 0 Å². The molecule has 5 heteroatoms. The summed E-state index contributed by atoms with van der Waals surface area (Å²) in [7, 11) is 0. The van der Waals surface area contributed by atoms with E-state index in [2.05, 4.69) is 15.3 Å². The molecule has 1 aliphatic rings.